The van der Waals surface area contributed by atoms with Crippen molar-refractivity contribution in [1.82, 2.24) is 0 Å². The Morgan fingerprint density at radius 1 is 1.05 bits per heavy atom. The first-order valence-electron chi connectivity index (χ1n) is 8.25. The van der Waals surface area contributed by atoms with E-state index >= 15 is 0 Å². The summed E-state index contributed by atoms with van der Waals surface area (Å²) in [4.78, 5) is 0. The van der Waals surface area contributed by atoms with Crippen molar-refractivity contribution >= 4 is 10.1 Å². The van der Waals surface area contributed by atoms with Crippen molar-refractivity contribution in [3.05, 3.63) is 30.1 Å². The third-order valence-corrected chi connectivity index (χ3v) is 3.26. The maximum atomic E-state index is 9.08. The predicted octanol–water partition coefficient (Wildman–Crippen LogP) is 3.45. The summed E-state index contributed by atoms with van der Waals surface area (Å²) in [5, 5.41) is 0. The first kappa shape index (κ1) is 21.1. The van der Waals surface area contributed by atoms with Crippen molar-refractivity contribution in [3.8, 4) is 0 Å². The van der Waals surface area contributed by atoms with Gasteiger partial charge in [0.1, 0.15) is 6.54 Å². The molecule has 0 bridgehead atoms. The van der Waals surface area contributed by atoms with Gasteiger partial charge in [0.05, 0.1) is 10.1 Å². The van der Waals surface area contributed by atoms with Gasteiger partial charge in [-0.25, -0.2) is 13.0 Å². The summed E-state index contributed by atoms with van der Waals surface area (Å²) >= 11 is 0. The molecule has 1 rings (SSSR count). The van der Waals surface area contributed by atoms with E-state index in [-0.39, 0.29) is 0 Å². The van der Waals surface area contributed by atoms with Crippen molar-refractivity contribution in [2.24, 2.45) is 0 Å². The van der Waals surface area contributed by atoms with Crippen LogP contribution in [-0.2, 0) is 23.1 Å². The van der Waals surface area contributed by atoms with Crippen molar-refractivity contribution < 1.29 is 17.5 Å². The molecule has 0 fully saturated rings. The number of nitrogens with zero attached hydrogens (tertiary/aromatic N) is 1. The molecule has 1 aromatic rings. The van der Waals surface area contributed by atoms with Gasteiger partial charge in [-0.05, 0) is 25.3 Å². The van der Waals surface area contributed by atoms with Gasteiger partial charge < -0.3 is 4.55 Å². The molecule has 0 atom stereocenters. The number of rotatable bonds is 9. The highest BCUT2D eigenvalue weighted by Gasteiger charge is 2.02. The van der Waals surface area contributed by atoms with E-state index < -0.39 is 10.1 Å². The van der Waals surface area contributed by atoms with Crippen LogP contribution in [0.5, 0.6) is 0 Å². The molecule has 0 aliphatic rings. The number of aromatic nitrogens is 1. The second-order valence-electron chi connectivity index (χ2n) is 5.67. The van der Waals surface area contributed by atoms with E-state index in [1.165, 1.54) is 63.5 Å². The molecule has 0 saturated heterocycles. The monoisotopic (exact) mass is 329 g/mol. The molecule has 0 aromatic carbocycles. The van der Waals surface area contributed by atoms with E-state index in [1.54, 1.807) is 0 Å². The molecule has 0 N–H and O–H groups in total. The van der Waals surface area contributed by atoms with Gasteiger partial charge >= 0.3 is 0 Å². The fraction of sp³-hybridized carbons (Fsp3) is 0.706. The second-order valence-corrected chi connectivity index (χ2v) is 7.08. The quantitative estimate of drug-likeness (QED) is 0.396. The van der Waals surface area contributed by atoms with Gasteiger partial charge in [0.15, 0.2) is 12.4 Å². The topological polar surface area (TPSA) is 61.1 Å². The number of hydrogen-bond acceptors (Lipinski definition) is 3. The van der Waals surface area contributed by atoms with Gasteiger partial charge in [-0.15, -0.1) is 0 Å². The van der Waals surface area contributed by atoms with E-state index in [0.29, 0.717) is 6.26 Å². The highest BCUT2D eigenvalue weighted by Crippen LogP contribution is 2.04. The Morgan fingerprint density at radius 3 is 2.23 bits per heavy atom. The summed E-state index contributed by atoms with van der Waals surface area (Å²) in [6.07, 6.45) is 15.8. The Hall–Kier alpha value is -0.940. The third kappa shape index (κ3) is 15.4. The molecule has 0 saturated carbocycles. The van der Waals surface area contributed by atoms with Crippen LogP contribution < -0.4 is 4.57 Å². The molecule has 4 nitrogen and oxygen atoms in total. The van der Waals surface area contributed by atoms with Crippen molar-refractivity contribution in [1.29, 1.82) is 0 Å². The van der Waals surface area contributed by atoms with Gasteiger partial charge in [-0.3, -0.25) is 0 Å². The van der Waals surface area contributed by atoms with E-state index in [9.17, 15) is 0 Å². The van der Waals surface area contributed by atoms with E-state index in [0.717, 1.165) is 0 Å². The zero-order valence-electron chi connectivity index (χ0n) is 14.3. The molecule has 0 spiro atoms. The number of pyridine rings is 1. The van der Waals surface area contributed by atoms with Gasteiger partial charge in [-0.1, -0.05) is 39.5 Å². The van der Waals surface area contributed by atoms with E-state index in [1.807, 2.05) is 0 Å². The van der Waals surface area contributed by atoms with Crippen LogP contribution in [0.4, 0.5) is 0 Å². The second kappa shape index (κ2) is 12.6. The van der Waals surface area contributed by atoms with Crippen LogP contribution >= 0.6 is 0 Å². The van der Waals surface area contributed by atoms with Gasteiger partial charge in [0, 0.05) is 24.3 Å². The Morgan fingerprint density at radius 2 is 1.64 bits per heavy atom. The molecule has 0 radical (unpaired) electrons. The van der Waals surface area contributed by atoms with Crippen molar-refractivity contribution in [2.75, 3.05) is 6.26 Å². The summed E-state index contributed by atoms with van der Waals surface area (Å²) in [6.45, 7) is 5.71. The molecule has 1 aromatic heterocycles. The predicted molar refractivity (Wildman–Crippen MR) is 89.6 cm³/mol. The average molecular weight is 330 g/mol. The molecule has 0 aliphatic heterocycles. The third-order valence-electron chi connectivity index (χ3n) is 3.26. The molecule has 0 unspecified atom stereocenters. The standard InChI is InChI=1S/C16H28N.CH4O3S/c1-3-5-7-8-9-13-17-14-10-12-16(15-17)11-6-4-2;1-5(2,3)4/h10,12,14-15H,3-9,11,13H2,1-2H3;1H3,(H,2,3,4)/q+1;/p-1. The van der Waals surface area contributed by atoms with E-state index in [2.05, 4.69) is 42.9 Å². The first-order chi connectivity index (χ1) is 10.4. The molecular weight excluding hydrogens is 298 g/mol. The fourth-order valence-electron chi connectivity index (χ4n) is 2.14. The largest absolute Gasteiger partial charge is 0.748 e. The summed E-state index contributed by atoms with van der Waals surface area (Å²) < 4.78 is 29.6. The Balaban J connectivity index is 0.000000763. The molecule has 0 amide bonds. The normalized spacial score (nSPS) is 10.9. The summed E-state index contributed by atoms with van der Waals surface area (Å²) in [5.41, 5.74) is 1.49. The van der Waals surface area contributed by atoms with Crippen LogP contribution in [0.3, 0.4) is 0 Å². The summed E-state index contributed by atoms with van der Waals surface area (Å²) in [5.74, 6) is 0. The molecule has 128 valence electrons. The highest BCUT2D eigenvalue weighted by atomic mass is 32.2. The maximum absolute atomic E-state index is 9.08. The van der Waals surface area contributed by atoms with Crippen LogP contribution in [-0.4, -0.2) is 19.2 Å². The first-order valence-corrected chi connectivity index (χ1v) is 10.1. The minimum Gasteiger partial charge on any atom is -0.748 e. The lowest BCUT2D eigenvalue weighted by Crippen LogP contribution is -2.33. The van der Waals surface area contributed by atoms with Crippen molar-refractivity contribution in [3.63, 3.8) is 0 Å². The minimum atomic E-state index is -3.92. The number of aryl methyl sites for hydroxylation is 2. The zero-order chi connectivity index (χ0) is 16.8. The lowest BCUT2D eigenvalue weighted by atomic mass is 10.1. The van der Waals surface area contributed by atoms with Gasteiger partial charge in [0.2, 0.25) is 0 Å². The van der Waals surface area contributed by atoms with Crippen LogP contribution in [0.25, 0.3) is 0 Å². The van der Waals surface area contributed by atoms with Crippen LogP contribution in [0.15, 0.2) is 24.5 Å². The molecule has 1 heterocycles. The molecular formula is C17H31NO3S. The molecule has 0 aliphatic carbocycles. The van der Waals surface area contributed by atoms with Crippen LogP contribution in [0.2, 0.25) is 0 Å². The van der Waals surface area contributed by atoms with E-state index in [4.69, 9.17) is 13.0 Å². The fourth-order valence-corrected chi connectivity index (χ4v) is 2.14. The molecule has 5 heteroatoms. The maximum Gasteiger partial charge on any atom is 0.171 e. The summed E-state index contributed by atoms with van der Waals surface area (Å²) in [7, 11) is -3.92. The van der Waals surface area contributed by atoms with Crippen molar-refractivity contribution in [2.45, 2.75) is 71.8 Å². The smallest absolute Gasteiger partial charge is 0.171 e. The minimum absolute atomic E-state index is 0.604. The molecule has 22 heavy (non-hydrogen) atoms. The zero-order valence-corrected chi connectivity index (χ0v) is 15.1. The average Bonchev–Trinajstić information content (AvgIpc) is 2.44. The summed E-state index contributed by atoms with van der Waals surface area (Å²) in [6, 6.07) is 4.44. The Bertz CT molecular complexity index is 478. The van der Waals surface area contributed by atoms with Crippen LogP contribution in [0, 0.1) is 0 Å². The number of hydrogen-bond donors (Lipinski definition) is 0. The van der Waals surface area contributed by atoms with Gasteiger partial charge in [0.25, 0.3) is 0 Å². The van der Waals surface area contributed by atoms with Gasteiger partial charge in [-0.2, -0.15) is 0 Å². The van der Waals surface area contributed by atoms with Crippen LogP contribution in [0.1, 0.15) is 64.4 Å². The highest BCUT2D eigenvalue weighted by molar-refractivity contribution is 7.84. The Labute approximate surface area is 136 Å². The number of unbranched alkanes of at least 4 members (excludes halogenated alkanes) is 5. The Kier molecular flexibility index (Phi) is 12.1. The lowest BCUT2D eigenvalue weighted by molar-refractivity contribution is -0.697. The SMILES string of the molecule is CCCCCCC[n+]1cccc(CCCC)c1.CS(=O)(=O)[O-]. The lowest BCUT2D eigenvalue weighted by Gasteiger charge is -2.01.